The lowest BCUT2D eigenvalue weighted by Gasteiger charge is -2.27. The molecule has 4 heterocycles. The monoisotopic (exact) mass is 474 g/mol. The first-order chi connectivity index (χ1) is 16.6. The van der Waals surface area contributed by atoms with Gasteiger partial charge in [-0.05, 0) is 44.1 Å². The lowest BCUT2D eigenvalue weighted by atomic mass is 9.81. The molecule has 34 heavy (non-hydrogen) atoms. The van der Waals surface area contributed by atoms with E-state index in [1.807, 2.05) is 6.21 Å². The molecule has 3 N–H and O–H groups in total. The second-order valence-electron chi connectivity index (χ2n) is 9.74. The van der Waals surface area contributed by atoms with E-state index in [0.717, 1.165) is 83.9 Å². The minimum Gasteiger partial charge on any atom is -0.360 e. The summed E-state index contributed by atoms with van der Waals surface area (Å²) in [5.74, 6) is 0.619. The Morgan fingerprint density at radius 3 is 2.82 bits per heavy atom. The minimum atomic E-state index is 0.249. The maximum atomic E-state index is 9.43. The van der Waals surface area contributed by atoms with Crippen LogP contribution in [0.1, 0.15) is 62.4 Å². The number of aromatic nitrogens is 1. The molecular weight excluding hydrogens is 444 g/mol. The molecule has 5 rings (SSSR count). The van der Waals surface area contributed by atoms with Gasteiger partial charge in [0.15, 0.2) is 0 Å². The summed E-state index contributed by atoms with van der Waals surface area (Å²) in [5, 5.41) is 10.3. The average Bonchev–Trinajstić information content (AvgIpc) is 3.04. The van der Waals surface area contributed by atoms with Gasteiger partial charge in [0.2, 0.25) is 0 Å². The number of aryl methyl sites for hydroxylation is 1. The lowest BCUT2D eigenvalue weighted by molar-refractivity contribution is 0.391. The van der Waals surface area contributed by atoms with Crippen molar-refractivity contribution in [3.63, 3.8) is 0 Å². The highest BCUT2D eigenvalue weighted by molar-refractivity contribution is 6.35. The second kappa shape index (κ2) is 9.85. The zero-order valence-corrected chi connectivity index (χ0v) is 20.4. The maximum Gasteiger partial charge on any atom is 0.103 e. The van der Waals surface area contributed by atoms with Crippen LogP contribution in [0.4, 0.5) is 0 Å². The third kappa shape index (κ3) is 4.60. The van der Waals surface area contributed by atoms with Crippen molar-refractivity contribution in [1.82, 2.24) is 4.98 Å². The molecule has 0 saturated heterocycles. The summed E-state index contributed by atoms with van der Waals surface area (Å²) in [6.45, 7) is 2.81. The zero-order chi connectivity index (χ0) is 23.7. The van der Waals surface area contributed by atoms with Crippen molar-refractivity contribution in [2.24, 2.45) is 32.5 Å². The van der Waals surface area contributed by atoms with Crippen molar-refractivity contribution < 1.29 is 0 Å². The van der Waals surface area contributed by atoms with Gasteiger partial charge in [-0.3, -0.25) is 15.0 Å². The highest BCUT2D eigenvalue weighted by Gasteiger charge is 2.30. The molecule has 1 unspecified atom stereocenters. The van der Waals surface area contributed by atoms with E-state index in [2.05, 4.69) is 40.1 Å². The Balaban J connectivity index is 1.48. The molecule has 1 atom stereocenters. The first-order valence-electron chi connectivity index (χ1n) is 12.4. The van der Waals surface area contributed by atoms with Gasteiger partial charge in [0.1, 0.15) is 6.07 Å². The quantitative estimate of drug-likeness (QED) is 0.622. The Hall–Kier alpha value is -2.75. The van der Waals surface area contributed by atoms with E-state index in [-0.39, 0.29) is 12.0 Å². The Morgan fingerprint density at radius 1 is 1.24 bits per heavy atom. The van der Waals surface area contributed by atoms with Gasteiger partial charge in [0.25, 0.3) is 0 Å². The van der Waals surface area contributed by atoms with Gasteiger partial charge >= 0.3 is 0 Å². The molecule has 7 heteroatoms. The van der Waals surface area contributed by atoms with E-state index in [4.69, 9.17) is 22.3 Å². The number of halogens is 1. The molecule has 0 amide bonds. The van der Waals surface area contributed by atoms with E-state index < -0.39 is 0 Å². The summed E-state index contributed by atoms with van der Waals surface area (Å²) >= 11 is 6.89. The second-order valence-corrected chi connectivity index (χ2v) is 10.1. The van der Waals surface area contributed by atoms with Crippen molar-refractivity contribution in [3.8, 4) is 6.07 Å². The Labute approximate surface area is 206 Å². The van der Waals surface area contributed by atoms with E-state index in [1.54, 1.807) is 6.21 Å². The number of hydrogen-bond acceptors (Lipinski definition) is 5. The van der Waals surface area contributed by atoms with Crippen molar-refractivity contribution in [1.29, 1.82) is 5.26 Å². The summed E-state index contributed by atoms with van der Waals surface area (Å²) in [6.07, 6.45) is 15.3. The fourth-order valence-electron chi connectivity index (χ4n) is 5.45. The molecule has 1 aliphatic carbocycles. The Kier molecular flexibility index (Phi) is 6.67. The first-order valence-corrected chi connectivity index (χ1v) is 12.7. The largest absolute Gasteiger partial charge is 0.360 e. The van der Waals surface area contributed by atoms with Crippen LogP contribution in [0.25, 0.3) is 0 Å². The van der Waals surface area contributed by atoms with Gasteiger partial charge in [-0.1, -0.05) is 30.7 Å². The van der Waals surface area contributed by atoms with Crippen molar-refractivity contribution in [3.05, 3.63) is 56.7 Å². The summed E-state index contributed by atoms with van der Waals surface area (Å²) in [7, 11) is 0. The summed E-state index contributed by atoms with van der Waals surface area (Å²) in [6, 6.07) is 2.52. The average molecular weight is 475 g/mol. The third-order valence-corrected chi connectivity index (χ3v) is 7.75. The number of aliphatic imine (C=N–C) groups is 3. The van der Waals surface area contributed by atoms with Crippen molar-refractivity contribution in [2.75, 3.05) is 6.54 Å². The molecule has 1 aromatic heterocycles. The number of allylic oxidation sites excluding steroid dienone is 4. The number of nitriles is 1. The van der Waals surface area contributed by atoms with Crippen LogP contribution in [-0.4, -0.2) is 35.7 Å². The molecule has 1 aromatic rings. The summed E-state index contributed by atoms with van der Waals surface area (Å²) in [4.78, 5) is 17.9. The molecule has 6 nitrogen and oxygen atoms in total. The van der Waals surface area contributed by atoms with Gasteiger partial charge in [-0.25, -0.2) is 0 Å². The maximum absolute atomic E-state index is 9.43. The molecule has 1 fully saturated rings. The van der Waals surface area contributed by atoms with Gasteiger partial charge in [-0.15, -0.1) is 0 Å². The fourth-order valence-corrected chi connectivity index (χ4v) is 5.84. The molecule has 2 bridgehead atoms. The fraction of sp³-hybridized carbons (Fsp3) is 0.481. The number of nitrogens with one attached hydrogen (secondary N) is 1. The molecule has 0 radical (unpaired) electrons. The predicted octanol–water partition coefficient (Wildman–Crippen LogP) is 5.25. The van der Waals surface area contributed by atoms with Crippen LogP contribution in [0.5, 0.6) is 0 Å². The van der Waals surface area contributed by atoms with Crippen molar-refractivity contribution >= 4 is 29.7 Å². The van der Waals surface area contributed by atoms with Gasteiger partial charge in [0.05, 0.1) is 22.0 Å². The van der Waals surface area contributed by atoms with Crippen LogP contribution in [0.2, 0.25) is 5.02 Å². The number of aromatic amines is 1. The smallest absolute Gasteiger partial charge is 0.103 e. The molecular formula is C27H31ClN6. The highest BCUT2D eigenvalue weighted by atomic mass is 35.5. The number of H-pyrrole nitrogens is 1. The van der Waals surface area contributed by atoms with Gasteiger partial charge < -0.3 is 10.7 Å². The van der Waals surface area contributed by atoms with Crippen LogP contribution < -0.4 is 5.73 Å². The third-order valence-electron chi connectivity index (χ3n) is 7.33. The molecule has 1 saturated carbocycles. The van der Waals surface area contributed by atoms with Gasteiger partial charge in [-0.2, -0.15) is 5.26 Å². The molecule has 3 aliphatic heterocycles. The van der Waals surface area contributed by atoms with E-state index in [1.165, 1.54) is 5.69 Å². The minimum absolute atomic E-state index is 0.249. The normalized spacial score (nSPS) is 26.5. The summed E-state index contributed by atoms with van der Waals surface area (Å²) < 4.78 is 0. The van der Waals surface area contributed by atoms with Crippen LogP contribution in [0.3, 0.4) is 0 Å². The molecule has 0 spiro atoms. The zero-order valence-electron chi connectivity index (χ0n) is 19.6. The number of rotatable bonds is 4. The molecule has 0 aromatic carbocycles. The molecule has 176 valence electrons. The summed E-state index contributed by atoms with van der Waals surface area (Å²) in [5.41, 5.74) is 14.3. The number of hydrogen-bond donors (Lipinski definition) is 2. The SMILES string of the molecule is CCc1[nH]c2c(c1Cl)C(C1CCC(N)CC1)=NC(CC1=CC3CN=CC(C#N)=C(C3)N=C1)=CC2. The highest BCUT2D eigenvalue weighted by Crippen LogP contribution is 2.37. The number of fused-ring (bicyclic) bond motifs is 3. The first kappa shape index (κ1) is 23.0. The number of nitrogens with two attached hydrogens (primary N) is 1. The predicted molar refractivity (Wildman–Crippen MR) is 139 cm³/mol. The number of nitrogens with zero attached hydrogens (tertiary/aromatic N) is 4. The van der Waals surface area contributed by atoms with E-state index in [9.17, 15) is 5.26 Å². The lowest BCUT2D eigenvalue weighted by Crippen LogP contribution is -2.30. The van der Waals surface area contributed by atoms with Crippen LogP contribution >= 0.6 is 11.6 Å². The Morgan fingerprint density at radius 2 is 2.06 bits per heavy atom. The Bertz CT molecular complexity index is 1190. The van der Waals surface area contributed by atoms with Crippen LogP contribution in [0.15, 0.2) is 49.7 Å². The van der Waals surface area contributed by atoms with Crippen LogP contribution in [-0.2, 0) is 12.8 Å². The topological polar surface area (TPSA) is 103 Å². The standard InChI is InChI=1S/C27H31ClN6/c1-2-22-26(28)25-23(34-22)8-7-21(33-27(25)18-3-5-20(30)6-4-18)10-16-9-17-11-24(32-14-16)19(12-29)15-31-13-17/h7,9,14-15,17-18,20,34H,2-6,8,10-11,13,30H2,1H3. The van der Waals surface area contributed by atoms with Crippen LogP contribution in [0, 0.1) is 23.2 Å². The van der Waals surface area contributed by atoms with Gasteiger partial charge in [0, 0.05) is 72.3 Å². The van der Waals surface area contributed by atoms with Crippen molar-refractivity contribution in [2.45, 2.75) is 64.3 Å². The molecule has 4 aliphatic rings. The van der Waals surface area contributed by atoms with E-state index >= 15 is 0 Å². The van der Waals surface area contributed by atoms with E-state index in [0.29, 0.717) is 24.5 Å².